The van der Waals surface area contributed by atoms with Crippen LogP contribution in [-0.2, 0) is 15.9 Å². The third-order valence-corrected chi connectivity index (χ3v) is 5.83. The fraction of sp³-hybridized carbons (Fsp3) is 0.542. The molecule has 180 valence electrons. The Hall–Kier alpha value is -3.07. The van der Waals surface area contributed by atoms with Crippen molar-refractivity contribution in [3.8, 4) is 28.8 Å². The van der Waals surface area contributed by atoms with Crippen molar-refractivity contribution >= 4 is 5.97 Å². The molecule has 0 aromatic carbocycles. The summed E-state index contributed by atoms with van der Waals surface area (Å²) in [6.45, 7) is 7.36. The number of nitrogens with zero attached hydrogens (tertiary/aromatic N) is 1. The molecule has 9 nitrogen and oxygen atoms in total. The number of esters is 1. The molecule has 1 unspecified atom stereocenters. The lowest BCUT2D eigenvalue weighted by Gasteiger charge is -2.37. The normalized spacial score (nSPS) is 14.8. The Morgan fingerprint density at radius 2 is 1.88 bits per heavy atom. The molecule has 2 aromatic heterocycles. The van der Waals surface area contributed by atoms with Crippen LogP contribution in [0.2, 0.25) is 0 Å². The molecule has 9 heteroatoms. The number of hydrogen-bond donors (Lipinski definition) is 1. The molecule has 0 amide bonds. The van der Waals surface area contributed by atoms with Crippen molar-refractivity contribution < 1.29 is 28.5 Å². The number of hydrogen-bond acceptors (Lipinski definition) is 8. The summed E-state index contributed by atoms with van der Waals surface area (Å²) in [6.07, 6.45) is 1.34. The van der Waals surface area contributed by atoms with Gasteiger partial charge in [0.05, 0.1) is 39.3 Å². The van der Waals surface area contributed by atoms with Gasteiger partial charge in [-0.05, 0) is 29.4 Å². The molecule has 0 saturated heterocycles. The second-order valence-corrected chi connectivity index (χ2v) is 8.96. The van der Waals surface area contributed by atoms with E-state index < -0.39 is 11.5 Å². The van der Waals surface area contributed by atoms with Crippen LogP contribution in [0.1, 0.15) is 54.6 Å². The monoisotopic (exact) mass is 460 g/mol. The van der Waals surface area contributed by atoms with Crippen molar-refractivity contribution in [2.75, 3.05) is 41.7 Å². The van der Waals surface area contributed by atoms with Crippen LogP contribution in [0.4, 0.5) is 0 Å². The first-order valence-corrected chi connectivity index (χ1v) is 10.8. The van der Waals surface area contributed by atoms with Gasteiger partial charge >= 0.3 is 5.97 Å². The molecule has 1 atom stereocenters. The second-order valence-electron chi connectivity index (χ2n) is 8.96. The minimum absolute atomic E-state index is 0.0771. The highest BCUT2D eigenvalue weighted by Gasteiger charge is 2.40. The molecule has 1 aliphatic rings. The van der Waals surface area contributed by atoms with Crippen molar-refractivity contribution in [3.63, 3.8) is 0 Å². The predicted octanol–water partition coefficient (Wildman–Crippen LogP) is 3.34. The van der Waals surface area contributed by atoms with Crippen LogP contribution >= 0.6 is 0 Å². The molecular weight excluding hydrogens is 428 g/mol. The zero-order chi connectivity index (χ0) is 24.3. The molecule has 0 spiro atoms. The number of H-pyrrole nitrogens is 1. The van der Waals surface area contributed by atoms with E-state index >= 15 is 0 Å². The number of carbonyl (C=O) groups is 1. The van der Waals surface area contributed by atoms with Gasteiger partial charge in [-0.1, -0.05) is 20.8 Å². The summed E-state index contributed by atoms with van der Waals surface area (Å²) in [5.41, 5.74) is 1.74. The van der Waals surface area contributed by atoms with Crippen LogP contribution in [0.3, 0.4) is 0 Å². The molecule has 1 N–H and O–H groups in total. The number of aromatic nitrogens is 2. The largest absolute Gasteiger partial charge is 0.495 e. The van der Waals surface area contributed by atoms with Gasteiger partial charge in [0.15, 0.2) is 11.3 Å². The lowest BCUT2D eigenvalue weighted by atomic mass is 9.69. The average Bonchev–Trinajstić information content (AvgIpc) is 2.78. The van der Waals surface area contributed by atoms with E-state index in [-0.39, 0.29) is 22.6 Å². The van der Waals surface area contributed by atoms with E-state index in [4.69, 9.17) is 23.7 Å². The number of nitrogens with one attached hydrogen (secondary N) is 1. The number of rotatable bonds is 8. The number of carbonyl (C=O) groups excluding carboxylic acids is 1. The number of methoxy groups -OCH3 is 4. The maximum Gasteiger partial charge on any atom is 0.347 e. The third-order valence-electron chi connectivity index (χ3n) is 5.83. The Bertz CT molecular complexity index is 1090. The van der Waals surface area contributed by atoms with Crippen LogP contribution in [0.5, 0.6) is 17.4 Å². The number of aromatic amines is 1. The second kappa shape index (κ2) is 9.82. The Morgan fingerprint density at radius 3 is 2.45 bits per heavy atom. The molecule has 0 radical (unpaired) electrons. The van der Waals surface area contributed by atoms with Crippen LogP contribution < -0.4 is 19.8 Å². The Labute approximate surface area is 193 Å². The van der Waals surface area contributed by atoms with Crippen molar-refractivity contribution in [3.05, 3.63) is 33.1 Å². The van der Waals surface area contributed by atoms with Gasteiger partial charge in [0.2, 0.25) is 0 Å². The van der Waals surface area contributed by atoms with Crippen LogP contribution in [0.25, 0.3) is 11.4 Å². The first kappa shape index (κ1) is 24.6. The van der Waals surface area contributed by atoms with E-state index in [0.29, 0.717) is 42.7 Å². The average molecular weight is 461 g/mol. The predicted molar refractivity (Wildman–Crippen MR) is 123 cm³/mol. The van der Waals surface area contributed by atoms with Crippen molar-refractivity contribution in [1.82, 2.24) is 9.97 Å². The van der Waals surface area contributed by atoms with Crippen LogP contribution in [0.15, 0.2) is 10.9 Å². The standard InChI is InChI=1S/C24H32N2O7/c1-24(2,3)14-11-13-12-15(33-10-8-9-29-4)22(31-6)26-18(13)19-16(14)20(30-5)17(21(27)25-19)23(28)32-7/h12,14H,8-11H2,1-7H3,(H,25,27). The first-order chi connectivity index (χ1) is 15.7. The van der Waals surface area contributed by atoms with E-state index in [0.717, 1.165) is 17.5 Å². The molecule has 33 heavy (non-hydrogen) atoms. The maximum atomic E-state index is 12.9. The molecule has 0 bridgehead atoms. The van der Waals surface area contributed by atoms with Crippen molar-refractivity contribution in [2.45, 2.75) is 39.5 Å². The fourth-order valence-electron chi connectivity index (χ4n) is 4.20. The lowest BCUT2D eigenvalue weighted by Crippen LogP contribution is -2.30. The lowest BCUT2D eigenvalue weighted by molar-refractivity contribution is 0.0594. The summed E-state index contributed by atoms with van der Waals surface area (Å²) >= 11 is 0. The number of fused-ring (bicyclic) bond motifs is 3. The number of pyridine rings is 2. The Morgan fingerprint density at radius 1 is 1.15 bits per heavy atom. The van der Waals surface area contributed by atoms with Gasteiger partial charge in [0.25, 0.3) is 11.4 Å². The zero-order valence-electron chi connectivity index (χ0n) is 20.3. The van der Waals surface area contributed by atoms with Gasteiger partial charge in [-0.2, -0.15) is 0 Å². The molecule has 2 aromatic rings. The minimum Gasteiger partial charge on any atom is -0.495 e. The van der Waals surface area contributed by atoms with Crippen molar-refractivity contribution in [1.29, 1.82) is 0 Å². The van der Waals surface area contributed by atoms with Crippen molar-refractivity contribution in [2.24, 2.45) is 5.41 Å². The van der Waals surface area contributed by atoms with E-state index in [2.05, 4.69) is 30.7 Å². The summed E-state index contributed by atoms with van der Waals surface area (Å²) in [4.78, 5) is 32.9. The van der Waals surface area contributed by atoms with Gasteiger partial charge < -0.3 is 28.7 Å². The third kappa shape index (κ3) is 4.68. The van der Waals surface area contributed by atoms with Crippen LogP contribution in [0, 0.1) is 5.41 Å². The summed E-state index contributed by atoms with van der Waals surface area (Å²) in [5, 5.41) is 0. The molecule has 0 saturated carbocycles. The van der Waals surface area contributed by atoms with E-state index in [1.807, 2.05) is 6.07 Å². The topological polar surface area (TPSA) is 109 Å². The molecule has 0 fully saturated rings. The summed E-state index contributed by atoms with van der Waals surface area (Å²) in [6, 6.07) is 1.91. The Balaban J connectivity index is 2.25. The smallest absolute Gasteiger partial charge is 0.347 e. The highest BCUT2D eigenvalue weighted by molar-refractivity contribution is 5.94. The van der Waals surface area contributed by atoms with E-state index in [1.54, 1.807) is 7.11 Å². The SMILES string of the molecule is COCCCOc1cc2c(nc1OC)-c1[nH]c(=O)c(C(=O)OC)c(OC)c1C(C(C)(C)C)C2. The summed E-state index contributed by atoms with van der Waals surface area (Å²) in [7, 11) is 5.84. The van der Waals surface area contributed by atoms with Crippen LogP contribution in [-0.4, -0.2) is 57.6 Å². The molecular formula is C24H32N2O7. The fourth-order valence-corrected chi connectivity index (χ4v) is 4.20. The minimum atomic E-state index is -0.750. The molecule has 3 rings (SSSR count). The highest BCUT2D eigenvalue weighted by Crippen LogP contribution is 2.51. The van der Waals surface area contributed by atoms with Gasteiger partial charge in [-0.25, -0.2) is 9.78 Å². The highest BCUT2D eigenvalue weighted by atomic mass is 16.5. The number of ether oxygens (including phenoxy) is 5. The first-order valence-electron chi connectivity index (χ1n) is 10.8. The molecule has 2 heterocycles. The Kier molecular flexibility index (Phi) is 7.31. The molecule has 0 aliphatic heterocycles. The molecule has 1 aliphatic carbocycles. The van der Waals surface area contributed by atoms with Gasteiger partial charge in [-0.3, -0.25) is 4.79 Å². The maximum absolute atomic E-state index is 12.9. The van der Waals surface area contributed by atoms with Gasteiger partial charge in [-0.15, -0.1) is 0 Å². The quantitative estimate of drug-likeness (QED) is 0.472. The van der Waals surface area contributed by atoms with Gasteiger partial charge in [0, 0.05) is 25.7 Å². The van der Waals surface area contributed by atoms with Gasteiger partial charge in [0.1, 0.15) is 5.75 Å². The van der Waals surface area contributed by atoms with E-state index in [1.165, 1.54) is 21.3 Å². The summed E-state index contributed by atoms with van der Waals surface area (Å²) in [5.74, 6) is 0.227. The van der Waals surface area contributed by atoms with E-state index in [9.17, 15) is 9.59 Å². The zero-order valence-corrected chi connectivity index (χ0v) is 20.3. The summed E-state index contributed by atoms with van der Waals surface area (Å²) < 4.78 is 26.9.